The number of amides is 1. The molecule has 8 nitrogen and oxygen atoms in total. The van der Waals surface area contributed by atoms with Gasteiger partial charge < -0.3 is 15.0 Å². The first kappa shape index (κ1) is 19.6. The molecule has 10 heteroatoms. The highest BCUT2D eigenvalue weighted by molar-refractivity contribution is 14.1. The van der Waals surface area contributed by atoms with Gasteiger partial charge in [0.15, 0.2) is 17.3 Å². The number of benzene rings is 1. The molecule has 2 rings (SSSR count). The van der Waals surface area contributed by atoms with Gasteiger partial charge in [0.2, 0.25) is 0 Å². The monoisotopic (exact) mass is 478 g/mol. The van der Waals surface area contributed by atoms with Crippen LogP contribution in [0.3, 0.4) is 0 Å². The Morgan fingerprint density at radius 3 is 2.76 bits per heavy atom. The second-order valence-electron chi connectivity index (χ2n) is 5.00. The largest absolute Gasteiger partial charge is 0.394 e. The lowest BCUT2D eigenvalue weighted by Crippen LogP contribution is -2.26. The van der Waals surface area contributed by atoms with E-state index in [1.54, 1.807) is 19.2 Å². The summed E-state index contributed by atoms with van der Waals surface area (Å²) >= 11 is 8.35. The third-order valence-electron chi connectivity index (χ3n) is 3.17. The summed E-state index contributed by atoms with van der Waals surface area (Å²) in [6.45, 7) is 1.04. The van der Waals surface area contributed by atoms with Gasteiger partial charge in [0.25, 0.3) is 5.91 Å². The van der Waals surface area contributed by atoms with Crippen molar-refractivity contribution < 1.29 is 19.5 Å². The number of aliphatic hydroxyl groups excluding tert-OH is 1. The number of rotatable bonds is 7. The van der Waals surface area contributed by atoms with E-state index in [0.717, 1.165) is 3.57 Å². The van der Waals surface area contributed by atoms with Crippen LogP contribution in [0, 0.1) is 3.57 Å². The van der Waals surface area contributed by atoms with Crippen molar-refractivity contribution in [2.45, 2.75) is 6.92 Å². The van der Waals surface area contributed by atoms with Gasteiger partial charge in [0, 0.05) is 17.5 Å². The number of aromatic nitrogens is 2. The van der Waals surface area contributed by atoms with Crippen molar-refractivity contribution >= 4 is 57.4 Å². The number of hydrogen-bond donors (Lipinski definition) is 3. The molecule has 0 aliphatic heterocycles. The maximum absolute atomic E-state index is 12.3. The van der Waals surface area contributed by atoms with E-state index >= 15 is 0 Å². The Labute approximate surface area is 162 Å². The molecule has 3 N–H and O–H groups in total. The van der Waals surface area contributed by atoms with Gasteiger partial charge >= 0.3 is 0 Å². The normalized spacial score (nSPS) is 10.6. The highest BCUT2D eigenvalue weighted by atomic mass is 127. The molecule has 0 spiro atoms. The van der Waals surface area contributed by atoms with Crippen LogP contribution in [0.25, 0.3) is 0 Å². The average Bonchev–Trinajstić information content (AvgIpc) is 2.87. The van der Waals surface area contributed by atoms with Crippen molar-refractivity contribution in [3.05, 3.63) is 38.3 Å². The lowest BCUT2D eigenvalue weighted by atomic mass is 10.3. The summed E-state index contributed by atoms with van der Waals surface area (Å²) in [5.74, 6) is -0.551. The first-order chi connectivity index (χ1) is 11.8. The molecule has 2 aromatic rings. The SMILES string of the molecule is CC(=O)c1nc(C(=O)NOCCO)c(Nc2ccc(I)cc2Cl)n1C. The van der Waals surface area contributed by atoms with Gasteiger partial charge in [-0.2, -0.15) is 0 Å². The van der Waals surface area contributed by atoms with Crippen molar-refractivity contribution in [2.24, 2.45) is 7.05 Å². The molecule has 134 valence electrons. The predicted octanol–water partition coefficient (Wildman–Crippen LogP) is 2.28. The number of halogens is 2. The summed E-state index contributed by atoms with van der Waals surface area (Å²) < 4.78 is 2.43. The minimum atomic E-state index is -0.652. The maximum atomic E-state index is 12.3. The van der Waals surface area contributed by atoms with Gasteiger partial charge in [-0.3, -0.25) is 14.4 Å². The number of Topliss-reactive ketones (excluding diaryl/α,β-unsaturated/α-hetero) is 1. The fourth-order valence-corrected chi connectivity index (χ4v) is 2.95. The van der Waals surface area contributed by atoms with Crippen molar-refractivity contribution in [1.82, 2.24) is 15.0 Å². The molecule has 1 heterocycles. The molecule has 25 heavy (non-hydrogen) atoms. The number of hydrogen-bond acceptors (Lipinski definition) is 6. The summed E-state index contributed by atoms with van der Waals surface area (Å²) in [6, 6.07) is 5.37. The Hall–Kier alpha value is -1.69. The zero-order chi connectivity index (χ0) is 18.6. The minimum absolute atomic E-state index is 0.0275. The molecule has 0 bridgehead atoms. The fourth-order valence-electron chi connectivity index (χ4n) is 2.04. The number of aliphatic hydroxyl groups is 1. The molecule has 1 amide bonds. The molecular formula is C15H16ClIN4O4. The molecule has 0 saturated heterocycles. The standard InChI is InChI=1S/C15H16ClIN4O4/c1-8(23)13-19-12(15(24)20-25-6-5-22)14(21(13)2)18-11-4-3-9(17)7-10(11)16/h3-4,7,18,22H,5-6H2,1-2H3,(H,20,24). The quantitative estimate of drug-likeness (QED) is 0.244. The molecular weight excluding hydrogens is 463 g/mol. The second-order valence-corrected chi connectivity index (χ2v) is 6.65. The number of nitrogens with zero attached hydrogens (tertiary/aromatic N) is 2. The Kier molecular flexibility index (Phi) is 6.76. The first-order valence-electron chi connectivity index (χ1n) is 7.17. The fraction of sp³-hybridized carbons (Fsp3) is 0.267. The summed E-state index contributed by atoms with van der Waals surface area (Å²) in [4.78, 5) is 32.9. The molecule has 1 aromatic carbocycles. The molecule has 0 fully saturated rings. The van der Waals surface area contributed by atoms with Crippen LogP contribution in [-0.4, -0.2) is 39.6 Å². The first-order valence-corrected chi connectivity index (χ1v) is 8.63. The number of ketones is 1. The number of imidazole rings is 1. The predicted molar refractivity (Wildman–Crippen MR) is 101 cm³/mol. The van der Waals surface area contributed by atoms with E-state index in [4.69, 9.17) is 21.5 Å². The number of nitrogens with one attached hydrogen (secondary N) is 2. The lowest BCUT2D eigenvalue weighted by molar-refractivity contribution is 0.0165. The summed E-state index contributed by atoms with van der Waals surface area (Å²) in [5, 5.41) is 12.2. The molecule has 0 radical (unpaired) electrons. The van der Waals surface area contributed by atoms with Crippen LogP contribution in [0.2, 0.25) is 5.02 Å². The van der Waals surface area contributed by atoms with Gasteiger partial charge in [0.05, 0.1) is 23.9 Å². The van der Waals surface area contributed by atoms with Crippen LogP contribution in [0.1, 0.15) is 28.0 Å². The average molecular weight is 479 g/mol. The van der Waals surface area contributed by atoms with E-state index in [0.29, 0.717) is 16.5 Å². The summed E-state index contributed by atoms with van der Waals surface area (Å²) in [6.07, 6.45) is 0. The van der Waals surface area contributed by atoms with E-state index in [9.17, 15) is 9.59 Å². The maximum Gasteiger partial charge on any atom is 0.297 e. The van der Waals surface area contributed by atoms with E-state index in [2.05, 4.69) is 38.4 Å². The van der Waals surface area contributed by atoms with Gasteiger partial charge in [-0.05, 0) is 40.8 Å². The second kappa shape index (κ2) is 8.61. The third-order valence-corrected chi connectivity index (χ3v) is 4.15. The molecule has 0 atom stereocenters. The Morgan fingerprint density at radius 1 is 1.44 bits per heavy atom. The highest BCUT2D eigenvalue weighted by Gasteiger charge is 2.23. The Bertz CT molecular complexity index is 809. The summed E-state index contributed by atoms with van der Waals surface area (Å²) in [5.41, 5.74) is 2.70. The lowest BCUT2D eigenvalue weighted by Gasteiger charge is -2.12. The molecule has 0 unspecified atom stereocenters. The van der Waals surface area contributed by atoms with Crippen LogP contribution in [0.15, 0.2) is 18.2 Å². The zero-order valence-corrected chi connectivity index (χ0v) is 16.4. The number of hydroxylamine groups is 1. The molecule has 0 saturated carbocycles. The van der Waals surface area contributed by atoms with E-state index < -0.39 is 5.91 Å². The zero-order valence-electron chi connectivity index (χ0n) is 13.5. The van der Waals surface area contributed by atoms with Gasteiger partial charge in [0.1, 0.15) is 5.82 Å². The summed E-state index contributed by atoms with van der Waals surface area (Å²) in [7, 11) is 1.61. The number of carbonyl (C=O) groups excluding carboxylic acids is 2. The van der Waals surface area contributed by atoms with Crippen molar-refractivity contribution in [2.75, 3.05) is 18.5 Å². The molecule has 1 aromatic heterocycles. The Balaban J connectivity index is 2.40. The van der Waals surface area contributed by atoms with Crippen molar-refractivity contribution in [1.29, 1.82) is 0 Å². The highest BCUT2D eigenvalue weighted by Crippen LogP contribution is 2.29. The van der Waals surface area contributed by atoms with Crippen molar-refractivity contribution in [3.8, 4) is 0 Å². The Morgan fingerprint density at radius 2 is 2.16 bits per heavy atom. The molecule has 0 aliphatic carbocycles. The van der Waals surface area contributed by atoms with Crippen LogP contribution >= 0.6 is 34.2 Å². The number of anilines is 2. The minimum Gasteiger partial charge on any atom is -0.394 e. The van der Waals surface area contributed by atoms with Crippen molar-refractivity contribution in [3.63, 3.8) is 0 Å². The van der Waals surface area contributed by atoms with Gasteiger partial charge in [-0.15, -0.1) is 0 Å². The van der Waals surface area contributed by atoms with E-state index in [1.807, 2.05) is 6.07 Å². The smallest absolute Gasteiger partial charge is 0.297 e. The van der Waals surface area contributed by atoms with E-state index in [1.165, 1.54) is 11.5 Å². The van der Waals surface area contributed by atoms with Crippen LogP contribution in [0.5, 0.6) is 0 Å². The molecule has 0 aliphatic rings. The third kappa shape index (κ3) is 4.69. The number of carbonyl (C=O) groups is 2. The topological polar surface area (TPSA) is 105 Å². The van der Waals surface area contributed by atoms with Crippen LogP contribution in [-0.2, 0) is 11.9 Å². The van der Waals surface area contributed by atoms with E-state index in [-0.39, 0.29) is 30.5 Å². The van der Waals surface area contributed by atoms with Gasteiger partial charge in [-0.25, -0.2) is 10.5 Å². The van der Waals surface area contributed by atoms with Gasteiger partial charge in [-0.1, -0.05) is 11.6 Å². The van der Waals surface area contributed by atoms with Crippen LogP contribution in [0.4, 0.5) is 11.5 Å². The van der Waals surface area contributed by atoms with Crippen LogP contribution < -0.4 is 10.8 Å².